The number of nitrogens with one attached hydrogen (secondary N) is 2. The van der Waals surface area contributed by atoms with Crippen molar-refractivity contribution < 1.29 is 19.5 Å². The highest BCUT2D eigenvalue weighted by Crippen LogP contribution is 2.13. The van der Waals surface area contributed by atoms with Crippen LogP contribution in [0, 0.1) is 0 Å². The number of carboxylic acid groups (broad SMARTS) is 1. The van der Waals surface area contributed by atoms with Crippen LogP contribution in [0.25, 0.3) is 0 Å². The average molecular weight is 469 g/mol. The van der Waals surface area contributed by atoms with E-state index in [4.69, 9.17) is 11.5 Å². The van der Waals surface area contributed by atoms with Gasteiger partial charge in [0.1, 0.15) is 6.04 Å². The molecule has 7 N–H and O–H groups in total. The van der Waals surface area contributed by atoms with E-state index < -0.39 is 30.0 Å². The van der Waals surface area contributed by atoms with Gasteiger partial charge in [-0.3, -0.25) is 4.79 Å². The first-order chi connectivity index (χ1) is 15.0. The third kappa shape index (κ3) is 16.4. The second kappa shape index (κ2) is 17.3. The van der Waals surface area contributed by atoms with E-state index in [0.29, 0.717) is 5.75 Å². The number of hydrogen-bond donors (Lipinski definition) is 5. The predicted octanol–water partition coefficient (Wildman–Crippen LogP) is 3.09. The minimum absolute atomic E-state index is 0.144. The Bertz CT molecular complexity index is 700. The minimum atomic E-state index is -1.11. The first kappa shape index (κ1) is 29.7. The molecule has 0 radical (unpaired) electrons. The number of urea groups is 1. The molecule has 8 nitrogen and oxygen atoms in total. The van der Waals surface area contributed by atoms with E-state index in [1.807, 2.05) is 0 Å². The van der Waals surface area contributed by atoms with Gasteiger partial charge in [-0.25, -0.2) is 9.59 Å². The fourth-order valence-electron chi connectivity index (χ4n) is 2.66. The fraction of sp³-hybridized carbons (Fsp3) is 0.609. The lowest BCUT2D eigenvalue weighted by Gasteiger charge is -2.17. The van der Waals surface area contributed by atoms with Crippen LogP contribution < -0.4 is 22.1 Å². The summed E-state index contributed by atoms with van der Waals surface area (Å²) in [4.78, 5) is 34.2. The molecule has 182 valence electrons. The number of carbonyl (C=O) groups is 3. The van der Waals surface area contributed by atoms with Crippen LogP contribution in [0.3, 0.4) is 0 Å². The van der Waals surface area contributed by atoms with E-state index in [-0.39, 0.29) is 18.7 Å². The summed E-state index contributed by atoms with van der Waals surface area (Å²) in [6.45, 7) is 8.60. The summed E-state index contributed by atoms with van der Waals surface area (Å²) in [6, 6.07) is -2.65. The van der Waals surface area contributed by atoms with Gasteiger partial charge in [0, 0.05) is 18.1 Å². The van der Waals surface area contributed by atoms with Crippen LogP contribution in [0.2, 0.25) is 0 Å². The quantitative estimate of drug-likeness (QED) is 0.174. The summed E-state index contributed by atoms with van der Waals surface area (Å²) in [5, 5.41) is 14.1. The van der Waals surface area contributed by atoms with E-state index in [9.17, 15) is 19.5 Å². The average Bonchev–Trinajstić information content (AvgIpc) is 2.69. The highest BCUT2D eigenvalue weighted by atomic mass is 32.2. The molecule has 0 aliphatic rings. The summed E-state index contributed by atoms with van der Waals surface area (Å²) in [5.74, 6) is -0.769. The molecule has 0 heterocycles. The molecule has 0 spiro atoms. The Hall–Kier alpha value is -2.26. The molecule has 9 heteroatoms. The molecule has 0 aromatic rings. The van der Waals surface area contributed by atoms with Gasteiger partial charge in [0.2, 0.25) is 5.91 Å². The van der Waals surface area contributed by atoms with Crippen LogP contribution in [-0.4, -0.2) is 53.1 Å². The van der Waals surface area contributed by atoms with Crippen molar-refractivity contribution in [3.8, 4) is 0 Å². The van der Waals surface area contributed by atoms with E-state index in [0.717, 1.165) is 25.7 Å². The predicted molar refractivity (Wildman–Crippen MR) is 132 cm³/mol. The Balaban J connectivity index is 4.31. The lowest BCUT2D eigenvalue weighted by atomic mass is 10.1. The molecular weight excluding hydrogens is 428 g/mol. The second-order valence-electron chi connectivity index (χ2n) is 8.08. The Morgan fingerprint density at radius 3 is 2.16 bits per heavy atom. The summed E-state index contributed by atoms with van der Waals surface area (Å²) in [6.07, 6.45) is 10.9. The van der Waals surface area contributed by atoms with Crippen LogP contribution in [0.1, 0.15) is 59.8 Å². The molecule has 0 saturated heterocycles. The van der Waals surface area contributed by atoms with Crippen molar-refractivity contribution in [1.82, 2.24) is 10.6 Å². The Kier molecular flexibility index (Phi) is 16.1. The maximum Gasteiger partial charge on any atom is 0.327 e. The van der Waals surface area contributed by atoms with Crippen LogP contribution in [0.4, 0.5) is 4.79 Å². The van der Waals surface area contributed by atoms with Gasteiger partial charge in [-0.05, 0) is 59.8 Å². The topological polar surface area (TPSA) is 148 Å². The van der Waals surface area contributed by atoms with Crippen molar-refractivity contribution in [2.75, 3.05) is 18.1 Å². The standard InChI is InChI=1S/C23H40N4O4S/c1-16(2)7-5-8-17(3)9-6-10-18(4)12-14-32-15-20(22(29)30)27-21(28)19(24)11-13-26-23(25)31/h7,9,12,19-20H,5-6,8,10-11,13-15,24H2,1-4H3,(H,27,28)(H,29,30)(H3,25,26,31)/b17-9+,18-12+/t19?,20-/m1/s1. The lowest BCUT2D eigenvalue weighted by Crippen LogP contribution is -2.50. The summed E-state index contributed by atoms with van der Waals surface area (Å²) < 4.78 is 0. The van der Waals surface area contributed by atoms with Crippen molar-refractivity contribution in [3.63, 3.8) is 0 Å². The number of primary amides is 1. The number of rotatable bonds is 16. The van der Waals surface area contributed by atoms with Crippen molar-refractivity contribution in [2.45, 2.75) is 71.9 Å². The molecule has 0 saturated carbocycles. The number of carboxylic acids is 1. The molecule has 0 aromatic heterocycles. The third-order valence-corrected chi connectivity index (χ3v) is 5.63. The maximum absolute atomic E-state index is 12.1. The fourth-order valence-corrected chi connectivity index (χ4v) is 3.66. The molecule has 0 fully saturated rings. The number of thioether (sulfide) groups is 1. The number of aliphatic carboxylic acids is 1. The minimum Gasteiger partial charge on any atom is -0.480 e. The molecule has 0 bridgehead atoms. The highest BCUT2D eigenvalue weighted by molar-refractivity contribution is 7.99. The van der Waals surface area contributed by atoms with Gasteiger partial charge in [0.15, 0.2) is 0 Å². The summed E-state index contributed by atoms with van der Waals surface area (Å²) in [5.41, 5.74) is 14.7. The smallest absolute Gasteiger partial charge is 0.327 e. The van der Waals surface area contributed by atoms with Crippen molar-refractivity contribution in [1.29, 1.82) is 0 Å². The van der Waals surface area contributed by atoms with Crippen LogP contribution in [0.15, 0.2) is 34.9 Å². The van der Waals surface area contributed by atoms with Gasteiger partial charge < -0.3 is 27.2 Å². The molecule has 2 atom stereocenters. The van der Waals surface area contributed by atoms with Crippen molar-refractivity contribution in [2.24, 2.45) is 11.5 Å². The van der Waals surface area contributed by atoms with Crippen LogP contribution >= 0.6 is 11.8 Å². The third-order valence-electron chi connectivity index (χ3n) is 4.66. The van der Waals surface area contributed by atoms with Crippen molar-refractivity contribution in [3.05, 3.63) is 34.9 Å². The van der Waals surface area contributed by atoms with Crippen LogP contribution in [-0.2, 0) is 9.59 Å². The molecule has 0 rings (SSSR count). The number of hydrogen-bond acceptors (Lipinski definition) is 5. The number of carbonyl (C=O) groups excluding carboxylic acids is 2. The molecule has 0 aromatic carbocycles. The van der Waals surface area contributed by atoms with Gasteiger partial charge in [0.05, 0.1) is 6.04 Å². The Morgan fingerprint density at radius 1 is 1.00 bits per heavy atom. The first-order valence-corrected chi connectivity index (χ1v) is 12.0. The number of nitrogens with two attached hydrogens (primary N) is 2. The van der Waals surface area contributed by atoms with E-state index in [1.165, 1.54) is 28.5 Å². The number of amides is 3. The molecular formula is C23H40N4O4S. The van der Waals surface area contributed by atoms with Crippen molar-refractivity contribution >= 4 is 29.7 Å². The molecule has 3 amide bonds. The molecule has 0 aliphatic heterocycles. The monoisotopic (exact) mass is 468 g/mol. The Labute approximate surface area is 196 Å². The van der Waals surface area contributed by atoms with Gasteiger partial charge in [0.25, 0.3) is 0 Å². The largest absolute Gasteiger partial charge is 0.480 e. The SMILES string of the molecule is CC(C)=CCC/C(C)=C/CC/C(C)=C/CSC[C@@H](NC(=O)C(N)CCNC(N)=O)C(=O)O. The zero-order valence-electron chi connectivity index (χ0n) is 19.8. The maximum atomic E-state index is 12.1. The highest BCUT2D eigenvalue weighted by Gasteiger charge is 2.23. The molecule has 32 heavy (non-hydrogen) atoms. The summed E-state index contributed by atoms with van der Waals surface area (Å²) in [7, 11) is 0. The normalized spacial score (nSPS) is 13.8. The van der Waals surface area contributed by atoms with Gasteiger partial charge in [-0.1, -0.05) is 34.9 Å². The van der Waals surface area contributed by atoms with Gasteiger partial charge in [-0.15, -0.1) is 0 Å². The molecule has 1 unspecified atom stereocenters. The van der Waals surface area contributed by atoms with E-state index in [1.54, 1.807) is 0 Å². The first-order valence-electron chi connectivity index (χ1n) is 10.9. The number of allylic oxidation sites excluding steroid dienone is 5. The molecule has 0 aliphatic carbocycles. The van der Waals surface area contributed by atoms with E-state index >= 15 is 0 Å². The lowest BCUT2D eigenvalue weighted by molar-refractivity contribution is -0.141. The Morgan fingerprint density at radius 2 is 1.59 bits per heavy atom. The zero-order chi connectivity index (χ0) is 24.5. The zero-order valence-corrected chi connectivity index (χ0v) is 20.6. The van der Waals surface area contributed by atoms with Gasteiger partial charge >= 0.3 is 12.0 Å². The second-order valence-corrected chi connectivity index (χ2v) is 9.16. The summed E-state index contributed by atoms with van der Waals surface area (Å²) >= 11 is 1.44. The van der Waals surface area contributed by atoms with Gasteiger partial charge in [-0.2, -0.15) is 11.8 Å². The van der Waals surface area contributed by atoms with E-state index in [2.05, 4.69) is 56.6 Å². The van der Waals surface area contributed by atoms with Crippen LogP contribution in [0.5, 0.6) is 0 Å².